The van der Waals surface area contributed by atoms with E-state index < -0.39 is 0 Å². The van der Waals surface area contributed by atoms with Crippen molar-refractivity contribution in [3.05, 3.63) is 42.7 Å². The van der Waals surface area contributed by atoms with E-state index in [2.05, 4.69) is 27.5 Å². The van der Waals surface area contributed by atoms with Gasteiger partial charge in [0.25, 0.3) is 0 Å². The van der Waals surface area contributed by atoms with Gasteiger partial charge in [-0.1, -0.05) is 37.3 Å². The van der Waals surface area contributed by atoms with Gasteiger partial charge >= 0.3 is 0 Å². The number of nitrogens with one attached hydrogen (secondary N) is 2. The predicted octanol–water partition coefficient (Wildman–Crippen LogP) is 3.11. The summed E-state index contributed by atoms with van der Waals surface area (Å²) in [5.41, 5.74) is 1.61. The van der Waals surface area contributed by atoms with Crippen LogP contribution in [-0.2, 0) is 4.79 Å². The molecule has 0 radical (unpaired) electrons. The van der Waals surface area contributed by atoms with Gasteiger partial charge in [-0.05, 0) is 37.8 Å². The van der Waals surface area contributed by atoms with Gasteiger partial charge in [-0.15, -0.1) is 0 Å². The van der Waals surface area contributed by atoms with Crippen LogP contribution in [0.3, 0.4) is 0 Å². The van der Waals surface area contributed by atoms with E-state index in [1.165, 1.54) is 12.8 Å². The number of carbonyl (C=O) groups is 1. The summed E-state index contributed by atoms with van der Waals surface area (Å²) in [7, 11) is 0. The van der Waals surface area contributed by atoms with Gasteiger partial charge in [-0.2, -0.15) is 0 Å². The Hall–Kier alpha value is -2.27. The molecule has 24 heavy (non-hydrogen) atoms. The molecular weight excluding hydrogens is 300 g/mol. The lowest BCUT2D eigenvalue weighted by molar-refractivity contribution is -0.117. The van der Waals surface area contributed by atoms with Gasteiger partial charge in [0, 0.05) is 12.0 Å². The van der Waals surface area contributed by atoms with Crippen LogP contribution in [0.2, 0.25) is 0 Å². The van der Waals surface area contributed by atoms with Gasteiger partial charge in [0.15, 0.2) is 5.82 Å². The highest BCUT2D eigenvalue weighted by Gasteiger charge is 2.22. The molecule has 126 valence electrons. The third kappa shape index (κ3) is 4.38. The molecule has 0 bridgehead atoms. The standard InChI is InChI=1S/C19H24N4O/c1-14(16-8-5-9-20-11-16)10-18(24)23-17-12-21-19(22-13-17)15-6-3-2-4-7-15/h2-4,6-7,12-14,16,20H,5,8-11H2,1H3,(H,23,24). The molecule has 1 amide bonds. The molecule has 1 saturated heterocycles. The highest BCUT2D eigenvalue weighted by Crippen LogP contribution is 2.23. The minimum atomic E-state index is 0.0316. The Morgan fingerprint density at radius 1 is 1.29 bits per heavy atom. The first kappa shape index (κ1) is 16.6. The normalized spacial score (nSPS) is 18.8. The molecule has 1 aliphatic rings. The van der Waals surface area contributed by atoms with E-state index in [9.17, 15) is 4.79 Å². The van der Waals surface area contributed by atoms with E-state index >= 15 is 0 Å². The number of aromatic nitrogens is 2. The number of rotatable bonds is 5. The van der Waals surface area contributed by atoms with Crippen LogP contribution >= 0.6 is 0 Å². The number of hydrogen-bond acceptors (Lipinski definition) is 4. The molecular formula is C19H24N4O. The Bertz CT molecular complexity index is 651. The molecule has 1 fully saturated rings. The number of piperidine rings is 1. The molecule has 0 aliphatic carbocycles. The number of carbonyl (C=O) groups excluding carboxylic acids is 1. The molecule has 2 atom stereocenters. The van der Waals surface area contributed by atoms with E-state index in [4.69, 9.17) is 0 Å². The highest BCUT2D eigenvalue weighted by atomic mass is 16.1. The summed E-state index contributed by atoms with van der Waals surface area (Å²) in [4.78, 5) is 20.9. The first-order chi connectivity index (χ1) is 11.7. The molecule has 1 aromatic carbocycles. The van der Waals surface area contributed by atoms with Crippen LogP contribution in [0.1, 0.15) is 26.2 Å². The fraction of sp³-hybridized carbons (Fsp3) is 0.421. The number of benzene rings is 1. The Kier molecular flexibility index (Phi) is 5.54. The summed E-state index contributed by atoms with van der Waals surface area (Å²) in [6, 6.07) is 9.80. The zero-order valence-electron chi connectivity index (χ0n) is 14.0. The van der Waals surface area contributed by atoms with Crippen molar-refractivity contribution in [3.63, 3.8) is 0 Å². The van der Waals surface area contributed by atoms with Crippen molar-refractivity contribution in [2.24, 2.45) is 11.8 Å². The van der Waals surface area contributed by atoms with Crippen LogP contribution in [0.25, 0.3) is 11.4 Å². The van der Waals surface area contributed by atoms with Crippen molar-refractivity contribution in [2.45, 2.75) is 26.2 Å². The maximum atomic E-state index is 12.2. The van der Waals surface area contributed by atoms with E-state index in [0.717, 1.165) is 18.7 Å². The van der Waals surface area contributed by atoms with Crippen LogP contribution < -0.4 is 10.6 Å². The lowest BCUT2D eigenvalue weighted by atomic mass is 9.85. The van der Waals surface area contributed by atoms with Crippen LogP contribution in [0.15, 0.2) is 42.7 Å². The molecule has 2 heterocycles. The second-order valence-corrected chi connectivity index (χ2v) is 6.50. The smallest absolute Gasteiger partial charge is 0.224 e. The van der Waals surface area contributed by atoms with Crippen LogP contribution in [-0.4, -0.2) is 29.0 Å². The van der Waals surface area contributed by atoms with Crippen molar-refractivity contribution in [1.82, 2.24) is 15.3 Å². The van der Waals surface area contributed by atoms with Gasteiger partial charge in [-0.3, -0.25) is 4.79 Å². The van der Waals surface area contributed by atoms with Crippen LogP contribution in [0, 0.1) is 11.8 Å². The van der Waals surface area contributed by atoms with Crippen molar-refractivity contribution in [2.75, 3.05) is 18.4 Å². The van der Waals surface area contributed by atoms with Crippen molar-refractivity contribution < 1.29 is 4.79 Å². The minimum absolute atomic E-state index is 0.0316. The Balaban J connectivity index is 1.54. The number of nitrogens with zero attached hydrogens (tertiary/aromatic N) is 2. The lowest BCUT2D eigenvalue weighted by Gasteiger charge is -2.27. The third-order valence-corrected chi connectivity index (χ3v) is 4.61. The second-order valence-electron chi connectivity index (χ2n) is 6.50. The number of hydrogen-bond donors (Lipinski definition) is 2. The quantitative estimate of drug-likeness (QED) is 0.887. The largest absolute Gasteiger partial charge is 0.323 e. The van der Waals surface area contributed by atoms with E-state index in [-0.39, 0.29) is 5.91 Å². The van der Waals surface area contributed by atoms with Crippen molar-refractivity contribution >= 4 is 11.6 Å². The molecule has 1 aromatic heterocycles. The monoisotopic (exact) mass is 324 g/mol. The van der Waals surface area contributed by atoms with Gasteiger partial charge in [0.2, 0.25) is 5.91 Å². The van der Waals surface area contributed by atoms with Crippen molar-refractivity contribution in [1.29, 1.82) is 0 Å². The Morgan fingerprint density at radius 2 is 2.04 bits per heavy atom. The fourth-order valence-corrected chi connectivity index (χ4v) is 3.16. The van der Waals surface area contributed by atoms with E-state index in [1.807, 2.05) is 30.3 Å². The summed E-state index contributed by atoms with van der Waals surface area (Å²) in [5, 5.41) is 6.31. The number of amides is 1. The molecule has 0 saturated carbocycles. The van der Waals surface area contributed by atoms with E-state index in [0.29, 0.717) is 29.8 Å². The fourth-order valence-electron chi connectivity index (χ4n) is 3.16. The molecule has 2 N–H and O–H groups in total. The zero-order chi connectivity index (χ0) is 16.8. The summed E-state index contributed by atoms with van der Waals surface area (Å²) >= 11 is 0. The molecule has 2 unspecified atom stereocenters. The first-order valence-corrected chi connectivity index (χ1v) is 8.60. The lowest BCUT2D eigenvalue weighted by Crippen LogP contribution is -2.34. The molecule has 1 aliphatic heterocycles. The van der Waals surface area contributed by atoms with E-state index in [1.54, 1.807) is 12.4 Å². The maximum absolute atomic E-state index is 12.2. The Labute approximate surface area is 142 Å². The molecule has 2 aromatic rings. The second kappa shape index (κ2) is 8.02. The Morgan fingerprint density at radius 3 is 2.71 bits per heavy atom. The van der Waals surface area contributed by atoms with Gasteiger partial charge in [-0.25, -0.2) is 9.97 Å². The first-order valence-electron chi connectivity index (χ1n) is 8.60. The summed E-state index contributed by atoms with van der Waals surface area (Å²) in [6.07, 6.45) is 6.27. The topological polar surface area (TPSA) is 66.9 Å². The zero-order valence-corrected chi connectivity index (χ0v) is 14.0. The van der Waals surface area contributed by atoms with Crippen LogP contribution in [0.5, 0.6) is 0 Å². The molecule has 0 spiro atoms. The van der Waals surface area contributed by atoms with Crippen molar-refractivity contribution in [3.8, 4) is 11.4 Å². The van der Waals surface area contributed by atoms with Gasteiger partial charge in [0.05, 0.1) is 18.1 Å². The van der Waals surface area contributed by atoms with Gasteiger partial charge < -0.3 is 10.6 Å². The number of anilines is 1. The molecule has 5 nitrogen and oxygen atoms in total. The minimum Gasteiger partial charge on any atom is -0.323 e. The van der Waals surface area contributed by atoms with Gasteiger partial charge in [0.1, 0.15) is 0 Å². The van der Waals surface area contributed by atoms with Crippen LogP contribution in [0.4, 0.5) is 5.69 Å². The predicted molar refractivity (Wildman–Crippen MR) is 95.5 cm³/mol. The average molecular weight is 324 g/mol. The maximum Gasteiger partial charge on any atom is 0.224 e. The molecule has 5 heteroatoms. The summed E-state index contributed by atoms with van der Waals surface area (Å²) < 4.78 is 0. The SMILES string of the molecule is CC(CC(=O)Nc1cnc(-c2ccccc2)nc1)C1CCCNC1. The summed E-state index contributed by atoms with van der Waals surface area (Å²) in [6.45, 7) is 4.27. The average Bonchev–Trinajstić information content (AvgIpc) is 2.64. The molecule has 3 rings (SSSR count). The highest BCUT2D eigenvalue weighted by molar-refractivity contribution is 5.90. The third-order valence-electron chi connectivity index (χ3n) is 4.61. The summed E-state index contributed by atoms with van der Waals surface area (Å²) in [5.74, 6) is 1.66.